The van der Waals surface area contributed by atoms with Crippen LogP contribution in [-0.2, 0) is 0 Å². The first-order chi connectivity index (χ1) is 3.84. The van der Waals surface area contributed by atoms with Crippen molar-refractivity contribution < 1.29 is 0 Å². The van der Waals surface area contributed by atoms with Crippen LogP contribution in [0.15, 0.2) is 5.10 Å². The molecule has 0 amide bonds. The Bertz CT molecular complexity index is 109. The van der Waals surface area contributed by atoms with Gasteiger partial charge in [-0.1, -0.05) is 0 Å². The van der Waals surface area contributed by atoms with Crippen LogP contribution in [0.2, 0.25) is 0 Å². The molecule has 1 aliphatic heterocycles. The molecular weight excluding hydrogens is 104 g/mol. The lowest BCUT2D eigenvalue weighted by molar-refractivity contribution is 0.443. The van der Waals surface area contributed by atoms with E-state index in [1.165, 1.54) is 0 Å². The number of hydrogen-bond acceptors (Lipinski definition) is 4. The van der Waals surface area contributed by atoms with Crippen LogP contribution >= 0.6 is 0 Å². The van der Waals surface area contributed by atoms with E-state index in [1.54, 1.807) is 0 Å². The molecular formula is C4H10N4. The van der Waals surface area contributed by atoms with Gasteiger partial charge in [0.15, 0.2) is 0 Å². The number of hydrazone groups is 1. The summed E-state index contributed by atoms with van der Waals surface area (Å²) in [5, 5.41) is 3.76. The predicted octanol–water partition coefficient (Wildman–Crippen LogP) is -0.901. The van der Waals surface area contributed by atoms with Crippen LogP contribution in [0.4, 0.5) is 0 Å². The van der Waals surface area contributed by atoms with Crippen LogP contribution in [0, 0.1) is 0 Å². The molecule has 0 saturated heterocycles. The monoisotopic (exact) mass is 114 g/mol. The SMILES string of the molecule is CCN1CNN=C1N. The summed E-state index contributed by atoms with van der Waals surface area (Å²) in [6.45, 7) is 3.71. The van der Waals surface area contributed by atoms with Gasteiger partial charge < -0.3 is 10.6 Å². The third kappa shape index (κ3) is 0.685. The second kappa shape index (κ2) is 1.90. The summed E-state index contributed by atoms with van der Waals surface area (Å²) in [6, 6.07) is 0. The summed E-state index contributed by atoms with van der Waals surface area (Å²) < 4.78 is 0. The van der Waals surface area contributed by atoms with E-state index in [0.29, 0.717) is 5.96 Å². The summed E-state index contributed by atoms with van der Waals surface area (Å²) in [6.07, 6.45) is 0. The fourth-order valence-electron chi connectivity index (χ4n) is 0.627. The van der Waals surface area contributed by atoms with Crippen molar-refractivity contribution in [1.82, 2.24) is 10.3 Å². The first-order valence-electron chi connectivity index (χ1n) is 2.65. The first kappa shape index (κ1) is 5.21. The van der Waals surface area contributed by atoms with Crippen molar-refractivity contribution in [2.24, 2.45) is 10.8 Å². The van der Waals surface area contributed by atoms with Gasteiger partial charge in [-0.05, 0) is 6.92 Å². The van der Waals surface area contributed by atoms with Crippen molar-refractivity contribution in [1.29, 1.82) is 0 Å². The van der Waals surface area contributed by atoms with Gasteiger partial charge in [-0.15, -0.1) is 5.10 Å². The van der Waals surface area contributed by atoms with Crippen LogP contribution in [0.25, 0.3) is 0 Å². The van der Waals surface area contributed by atoms with Crippen LogP contribution < -0.4 is 11.2 Å². The fourth-order valence-corrected chi connectivity index (χ4v) is 0.627. The van der Waals surface area contributed by atoms with Crippen LogP contribution in [0.5, 0.6) is 0 Å². The van der Waals surface area contributed by atoms with Gasteiger partial charge in [0, 0.05) is 6.54 Å². The van der Waals surface area contributed by atoms with Crippen molar-refractivity contribution in [3.05, 3.63) is 0 Å². The zero-order valence-corrected chi connectivity index (χ0v) is 4.89. The van der Waals surface area contributed by atoms with E-state index < -0.39 is 0 Å². The Morgan fingerprint density at radius 1 is 2.00 bits per heavy atom. The van der Waals surface area contributed by atoms with E-state index in [4.69, 9.17) is 5.73 Å². The number of nitrogens with zero attached hydrogens (tertiary/aromatic N) is 2. The Morgan fingerprint density at radius 3 is 3.00 bits per heavy atom. The maximum Gasteiger partial charge on any atom is 0.215 e. The molecule has 0 aromatic carbocycles. The lowest BCUT2D eigenvalue weighted by atomic mass is 10.6. The van der Waals surface area contributed by atoms with Crippen molar-refractivity contribution in [3.8, 4) is 0 Å². The summed E-state index contributed by atoms with van der Waals surface area (Å²) in [7, 11) is 0. The Kier molecular flexibility index (Phi) is 1.24. The Labute approximate surface area is 48.3 Å². The highest BCUT2D eigenvalue weighted by Gasteiger charge is 2.08. The molecule has 0 fully saturated rings. The quantitative estimate of drug-likeness (QED) is 0.464. The van der Waals surface area contributed by atoms with E-state index >= 15 is 0 Å². The minimum absolute atomic E-state index is 0.590. The molecule has 0 spiro atoms. The van der Waals surface area contributed by atoms with Crippen molar-refractivity contribution >= 4 is 5.96 Å². The molecule has 1 aliphatic rings. The topological polar surface area (TPSA) is 53.6 Å². The predicted molar refractivity (Wildman–Crippen MR) is 32.0 cm³/mol. The second-order valence-electron chi connectivity index (χ2n) is 1.64. The van der Waals surface area contributed by atoms with Crippen LogP contribution in [0.1, 0.15) is 6.92 Å². The fraction of sp³-hybridized carbons (Fsp3) is 0.750. The molecule has 0 bridgehead atoms. The lowest BCUT2D eigenvalue weighted by Gasteiger charge is -2.11. The van der Waals surface area contributed by atoms with Gasteiger partial charge in [-0.3, -0.25) is 5.43 Å². The summed E-state index contributed by atoms with van der Waals surface area (Å²) in [4.78, 5) is 1.94. The molecule has 4 heteroatoms. The third-order valence-electron chi connectivity index (χ3n) is 1.16. The van der Waals surface area contributed by atoms with Gasteiger partial charge in [0.25, 0.3) is 0 Å². The van der Waals surface area contributed by atoms with E-state index in [0.717, 1.165) is 13.2 Å². The number of rotatable bonds is 1. The molecule has 1 heterocycles. The maximum atomic E-state index is 5.40. The summed E-state index contributed by atoms with van der Waals surface area (Å²) in [5.74, 6) is 0.590. The largest absolute Gasteiger partial charge is 0.368 e. The standard InChI is InChI=1S/C4H10N4/c1-2-8-3-6-7-4(8)5/h6H,2-3H2,1H3,(H2,5,7). The van der Waals surface area contributed by atoms with Gasteiger partial charge in [0.2, 0.25) is 5.96 Å². The van der Waals surface area contributed by atoms with E-state index in [-0.39, 0.29) is 0 Å². The normalized spacial score (nSPS) is 18.1. The number of nitrogens with one attached hydrogen (secondary N) is 1. The highest BCUT2D eigenvalue weighted by Crippen LogP contribution is 1.89. The molecule has 0 saturated carbocycles. The van der Waals surface area contributed by atoms with Gasteiger partial charge >= 0.3 is 0 Å². The Balaban J connectivity index is 2.46. The van der Waals surface area contributed by atoms with Gasteiger partial charge in [-0.25, -0.2) is 0 Å². The number of nitrogens with two attached hydrogens (primary N) is 1. The molecule has 0 aromatic rings. The molecule has 0 aliphatic carbocycles. The lowest BCUT2D eigenvalue weighted by Crippen LogP contribution is -2.34. The molecule has 0 unspecified atom stereocenters. The summed E-state index contributed by atoms with van der Waals surface area (Å²) >= 11 is 0. The maximum absolute atomic E-state index is 5.40. The zero-order chi connectivity index (χ0) is 5.98. The van der Waals surface area contributed by atoms with Crippen molar-refractivity contribution in [2.75, 3.05) is 13.2 Å². The smallest absolute Gasteiger partial charge is 0.215 e. The minimum atomic E-state index is 0.590. The molecule has 46 valence electrons. The minimum Gasteiger partial charge on any atom is -0.368 e. The Morgan fingerprint density at radius 2 is 2.75 bits per heavy atom. The average Bonchev–Trinajstić information content (AvgIpc) is 2.14. The van der Waals surface area contributed by atoms with Gasteiger partial charge in [0.1, 0.15) is 6.67 Å². The number of guanidine groups is 1. The average molecular weight is 114 g/mol. The molecule has 0 atom stereocenters. The Hall–Kier alpha value is -0.930. The van der Waals surface area contributed by atoms with E-state index in [9.17, 15) is 0 Å². The summed E-state index contributed by atoms with van der Waals surface area (Å²) in [5.41, 5.74) is 8.16. The first-order valence-corrected chi connectivity index (χ1v) is 2.65. The van der Waals surface area contributed by atoms with E-state index in [2.05, 4.69) is 10.5 Å². The van der Waals surface area contributed by atoms with E-state index in [1.807, 2.05) is 11.8 Å². The van der Waals surface area contributed by atoms with Gasteiger partial charge in [0.05, 0.1) is 0 Å². The zero-order valence-electron chi connectivity index (χ0n) is 4.89. The van der Waals surface area contributed by atoms with Crippen molar-refractivity contribution in [2.45, 2.75) is 6.92 Å². The molecule has 1 rings (SSSR count). The molecule has 0 radical (unpaired) electrons. The highest BCUT2D eigenvalue weighted by atomic mass is 15.5. The molecule has 0 aromatic heterocycles. The van der Waals surface area contributed by atoms with Gasteiger partial charge in [-0.2, -0.15) is 0 Å². The molecule has 8 heavy (non-hydrogen) atoms. The third-order valence-corrected chi connectivity index (χ3v) is 1.16. The molecule has 4 nitrogen and oxygen atoms in total. The second-order valence-corrected chi connectivity index (χ2v) is 1.64. The van der Waals surface area contributed by atoms with Crippen LogP contribution in [0.3, 0.4) is 0 Å². The number of hydrogen-bond donors (Lipinski definition) is 2. The van der Waals surface area contributed by atoms with Crippen LogP contribution in [-0.4, -0.2) is 24.1 Å². The highest BCUT2D eigenvalue weighted by molar-refractivity contribution is 5.78. The molecule has 3 N–H and O–H groups in total. The van der Waals surface area contributed by atoms with Crippen molar-refractivity contribution in [3.63, 3.8) is 0 Å².